The lowest BCUT2D eigenvalue weighted by Gasteiger charge is -2.35. The van der Waals surface area contributed by atoms with Crippen LogP contribution in [-0.2, 0) is 16.1 Å². The molecule has 2 unspecified atom stereocenters. The number of aromatic nitrogens is 2. The molecule has 0 spiro atoms. The van der Waals surface area contributed by atoms with Crippen molar-refractivity contribution in [1.29, 1.82) is 0 Å². The minimum Gasteiger partial charge on any atom is -0.373 e. The Morgan fingerprint density at radius 3 is 2.56 bits per heavy atom. The number of H-pyrrole nitrogens is 1. The number of carbonyl (C=O) groups excluding carboxylic acids is 1. The highest BCUT2D eigenvalue weighted by Crippen LogP contribution is 2.10. The SMILES string of the molecule is CC1CN(CCCNC(=O)Cn2[nH]c(=O)c3ccccc3c2=O)CC(C)O1. The van der Waals surface area contributed by atoms with Gasteiger partial charge in [0.05, 0.1) is 23.0 Å². The molecule has 2 aromatic rings. The van der Waals surface area contributed by atoms with Crippen molar-refractivity contribution >= 4 is 16.7 Å². The van der Waals surface area contributed by atoms with Gasteiger partial charge in [-0.2, -0.15) is 0 Å². The Kier molecular flexibility index (Phi) is 6.08. The van der Waals surface area contributed by atoms with E-state index in [-0.39, 0.29) is 35.8 Å². The third kappa shape index (κ3) is 4.84. The van der Waals surface area contributed by atoms with Crippen molar-refractivity contribution in [3.05, 3.63) is 45.0 Å². The van der Waals surface area contributed by atoms with E-state index in [1.807, 2.05) is 0 Å². The van der Waals surface area contributed by atoms with Gasteiger partial charge in [0.15, 0.2) is 0 Å². The van der Waals surface area contributed by atoms with E-state index < -0.39 is 0 Å². The fraction of sp³-hybridized carbons (Fsp3) is 0.526. The molecule has 0 aliphatic carbocycles. The van der Waals surface area contributed by atoms with E-state index in [1.54, 1.807) is 24.3 Å². The van der Waals surface area contributed by atoms with Crippen molar-refractivity contribution in [2.75, 3.05) is 26.2 Å². The molecule has 2 N–H and O–H groups in total. The second kappa shape index (κ2) is 8.49. The summed E-state index contributed by atoms with van der Waals surface area (Å²) in [5, 5.41) is 5.91. The van der Waals surface area contributed by atoms with E-state index in [9.17, 15) is 14.4 Å². The summed E-state index contributed by atoms with van der Waals surface area (Å²) >= 11 is 0. The Hall–Kier alpha value is -2.45. The first kappa shape index (κ1) is 19.3. The first-order chi connectivity index (χ1) is 12.9. The number of rotatable bonds is 6. The highest BCUT2D eigenvalue weighted by molar-refractivity contribution is 5.81. The molecule has 8 nitrogen and oxygen atoms in total. The molecule has 1 amide bonds. The van der Waals surface area contributed by atoms with E-state index in [0.717, 1.165) is 30.7 Å². The maximum Gasteiger partial charge on any atom is 0.273 e. The zero-order valence-electron chi connectivity index (χ0n) is 15.7. The van der Waals surface area contributed by atoms with Crippen molar-refractivity contribution in [2.45, 2.75) is 39.0 Å². The van der Waals surface area contributed by atoms with Crippen molar-refractivity contribution < 1.29 is 9.53 Å². The molecule has 1 saturated heterocycles. The van der Waals surface area contributed by atoms with Crippen LogP contribution in [0.15, 0.2) is 33.9 Å². The van der Waals surface area contributed by atoms with Crippen LogP contribution in [0.1, 0.15) is 20.3 Å². The second-order valence-corrected chi connectivity index (χ2v) is 7.10. The first-order valence-corrected chi connectivity index (χ1v) is 9.30. The maximum absolute atomic E-state index is 12.4. The summed E-state index contributed by atoms with van der Waals surface area (Å²) in [5.74, 6) is -0.299. The molecule has 0 bridgehead atoms. The topological polar surface area (TPSA) is 96.4 Å². The number of aromatic amines is 1. The highest BCUT2D eigenvalue weighted by atomic mass is 16.5. The molecular weight excluding hydrogens is 348 g/mol. The fourth-order valence-electron chi connectivity index (χ4n) is 3.55. The Labute approximate surface area is 157 Å². The Morgan fingerprint density at radius 1 is 1.19 bits per heavy atom. The summed E-state index contributed by atoms with van der Waals surface area (Å²) in [7, 11) is 0. The normalized spacial score (nSPS) is 20.7. The molecule has 8 heteroatoms. The van der Waals surface area contributed by atoms with E-state index in [4.69, 9.17) is 4.74 Å². The van der Waals surface area contributed by atoms with E-state index in [1.165, 1.54) is 0 Å². The zero-order chi connectivity index (χ0) is 19.4. The summed E-state index contributed by atoms with van der Waals surface area (Å²) < 4.78 is 6.77. The van der Waals surface area contributed by atoms with Gasteiger partial charge in [-0.1, -0.05) is 12.1 Å². The van der Waals surface area contributed by atoms with Gasteiger partial charge in [0.2, 0.25) is 5.91 Å². The Morgan fingerprint density at radius 2 is 1.85 bits per heavy atom. The van der Waals surface area contributed by atoms with Gasteiger partial charge in [0, 0.05) is 26.2 Å². The van der Waals surface area contributed by atoms with Crippen LogP contribution in [0.4, 0.5) is 0 Å². The summed E-state index contributed by atoms with van der Waals surface area (Å²) in [5.41, 5.74) is -0.759. The molecule has 27 heavy (non-hydrogen) atoms. The van der Waals surface area contributed by atoms with E-state index >= 15 is 0 Å². The van der Waals surface area contributed by atoms with Crippen molar-refractivity contribution in [1.82, 2.24) is 20.0 Å². The van der Waals surface area contributed by atoms with Crippen molar-refractivity contribution in [3.63, 3.8) is 0 Å². The lowest BCUT2D eigenvalue weighted by molar-refractivity contribution is -0.122. The summed E-state index contributed by atoms with van der Waals surface area (Å²) in [4.78, 5) is 38.9. The number of hydrogen-bond acceptors (Lipinski definition) is 5. The lowest BCUT2D eigenvalue weighted by Crippen LogP contribution is -2.46. The van der Waals surface area contributed by atoms with Crippen LogP contribution in [0.5, 0.6) is 0 Å². The molecule has 1 aliphatic rings. The predicted octanol–water partition coefficient (Wildman–Crippen LogP) is 0.305. The zero-order valence-corrected chi connectivity index (χ0v) is 15.7. The fourth-order valence-corrected chi connectivity index (χ4v) is 3.55. The minimum absolute atomic E-state index is 0.204. The molecule has 2 heterocycles. The number of amides is 1. The van der Waals surface area contributed by atoms with E-state index in [0.29, 0.717) is 17.3 Å². The molecular formula is C19H26N4O4. The van der Waals surface area contributed by atoms with Gasteiger partial charge in [-0.05, 0) is 32.4 Å². The third-order valence-electron chi connectivity index (χ3n) is 4.65. The van der Waals surface area contributed by atoms with E-state index in [2.05, 4.69) is 29.2 Å². The third-order valence-corrected chi connectivity index (χ3v) is 4.65. The average Bonchev–Trinajstić information content (AvgIpc) is 2.62. The number of carbonyl (C=O) groups is 1. The standard InChI is InChI=1S/C19H26N4O4/c1-13-10-22(11-14(2)27-13)9-5-8-20-17(24)12-23-19(26)16-7-4-3-6-15(16)18(25)21-23/h3-4,6-7,13-14H,5,8-12H2,1-2H3,(H,20,24)(H,21,25). The van der Waals surface area contributed by atoms with Crippen LogP contribution < -0.4 is 16.4 Å². The lowest BCUT2D eigenvalue weighted by atomic mass is 10.2. The number of hydrogen-bond donors (Lipinski definition) is 2. The molecule has 1 fully saturated rings. The molecule has 1 aromatic heterocycles. The van der Waals surface area contributed by atoms with Crippen molar-refractivity contribution in [2.24, 2.45) is 0 Å². The van der Waals surface area contributed by atoms with Crippen molar-refractivity contribution in [3.8, 4) is 0 Å². The van der Waals surface area contributed by atoms with Gasteiger partial charge < -0.3 is 10.1 Å². The van der Waals surface area contributed by atoms with Crippen LogP contribution in [0, 0.1) is 0 Å². The van der Waals surface area contributed by atoms with Crippen LogP contribution in [0.3, 0.4) is 0 Å². The Bertz CT molecular complexity index is 910. The van der Waals surface area contributed by atoms with Gasteiger partial charge in [0.25, 0.3) is 11.1 Å². The smallest absolute Gasteiger partial charge is 0.273 e. The predicted molar refractivity (Wildman–Crippen MR) is 103 cm³/mol. The minimum atomic E-state index is -0.381. The average molecular weight is 374 g/mol. The summed E-state index contributed by atoms with van der Waals surface area (Å²) in [6.45, 7) is 7.11. The van der Waals surface area contributed by atoms with Crippen LogP contribution in [0.25, 0.3) is 10.8 Å². The van der Waals surface area contributed by atoms with Gasteiger partial charge in [0.1, 0.15) is 6.54 Å². The number of ether oxygens (including phenoxy) is 1. The molecule has 2 atom stereocenters. The summed E-state index contributed by atoms with van der Waals surface area (Å²) in [6, 6.07) is 6.57. The maximum atomic E-state index is 12.4. The van der Waals surface area contributed by atoms with Gasteiger partial charge in [-0.15, -0.1) is 0 Å². The molecule has 146 valence electrons. The number of nitrogens with one attached hydrogen (secondary N) is 2. The van der Waals surface area contributed by atoms with Crippen LogP contribution >= 0.6 is 0 Å². The number of fused-ring (bicyclic) bond motifs is 1. The number of nitrogens with zero attached hydrogens (tertiary/aromatic N) is 2. The Balaban J connectivity index is 1.51. The molecule has 1 aliphatic heterocycles. The van der Waals surface area contributed by atoms with Gasteiger partial charge in [-0.25, -0.2) is 4.68 Å². The molecule has 0 radical (unpaired) electrons. The molecule has 3 rings (SSSR count). The largest absolute Gasteiger partial charge is 0.373 e. The van der Waals surface area contributed by atoms with Gasteiger partial charge in [-0.3, -0.25) is 24.4 Å². The quantitative estimate of drug-likeness (QED) is 0.709. The second-order valence-electron chi connectivity index (χ2n) is 7.10. The van der Waals surface area contributed by atoms with Crippen LogP contribution in [-0.4, -0.2) is 59.0 Å². The monoisotopic (exact) mass is 374 g/mol. The number of benzene rings is 1. The first-order valence-electron chi connectivity index (χ1n) is 9.30. The van der Waals surface area contributed by atoms with Crippen LogP contribution in [0.2, 0.25) is 0 Å². The molecule has 0 saturated carbocycles. The molecule has 1 aromatic carbocycles. The van der Waals surface area contributed by atoms with Gasteiger partial charge >= 0.3 is 0 Å². The summed E-state index contributed by atoms with van der Waals surface area (Å²) in [6.07, 6.45) is 1.26. The highest BCUT2D eigenvalue weighted by Gasteiger charge is 2.21. The number of morpholine rings is 1.